The SMILES string of the molecule is CCCC(C)NC(=O)COC(=O)C1CCN(S(=O)(=O)c2cccc(C(F)(F)F)c2)CC1. The minimum atomic E-state index is -4.65. The third-order valence-electron chi connectivity index (χ3n) is 5.06. The van der Waals surface area contributed by atoms with Gasteiger partial charge in [0.2, 0.25) is 10.0 Å². The quantitative estimate of drug-likeness (QED) is 0.597. The molecule has 1 aromatic rings. The van der Waals surface area contributed by atoms with Crippen molar-refractivity contribution in [3.63, 3.8) is 0 Å². The molecule has 1 heterocycles. The second-order valence-corrected chi connectivity index (χ2v) is 9.51. The summed E-state index contributed by atoms with van der Waals surface area (Å²) in [7, 11) is -4.12. The molecule has 0 spiro atoms. The zero-order valence-electron chi connectivity index (χ0n) is 17.4. The van der Waals surface area contributed by atoms with Gasteiger partial charge in [-0.15, -0.1) is 0 Å². The van der Waals surface area contributed by atoms with Gasteiger partial charge in [0, 0.05) is 19.1 Å². The first kappa shape index (κ1) is 25.1. The van der Waals surface area contributed by atoms with Crippen molar-refractivity contribution in [2.75, 3.05) is 19.7 Å². The van der Waals surface area contributed by atoms with Crippen molar-refractivity contribution in [1.29, 1.82) is 0 Å². The molecule has 0 saturated carbocycles. The third kappa shape index (κ3) is 6.93. The van der Waals surface area contributed by atoms with E-state index >= 15 is 0 Å². The number of sulfonamides is 1. The van der Waals surface area contributed by atoms with Gasteiger partial charge in [0.25, 0.3) is 5.91 Å². The molecule has 1 aliphatic rings. The average Bonchev–Trinajstić information content (AvgIpc) is 2.71. The van der Waals surface area contributed by atoms with Crippen LogP contribution in [0.2, 0.25) is 0 Å². The summed E-state index contributed by atoms with van der Waals surface area (Å²) in [6.45, 7) is 3.37. The lowest BCUT2D eigenvalue weighted by Gasteiger charge is -2.30. The summed E-state index contributed by atoms with van der Waals surface area (Å²) in [5.74, 6) is -1.57. The molecule has 1 aliphatic heterocycles. The Labute approximate surface area is 180 Å². The molecule has 1 aromatic carbocycles. The van der Waals surface area contributed by atoms with Gasteiger partial charge in [-0.05, 0) is 44.4 Å². The number of carbonyl (C=O) groups is 2. The summed E-state index contributed by atoms with van der Waals surface area (Å²) in [5.41, 5.74) is -1.04. The van der Waals surface area contributed by atoms with Crippen LogP contribution in [0.3, 0.4) is 0 Å². The lowest BCUT2D eigenvalue weighted by molar-refractivity contribution is -0.153. The summed E-state index contributed by atoms with van der Waals surface area (Å²) in [6.07, 6.45) is -2.62. The molecular formula is C20H27F3N2O5S. The van der Waals surface area contributed by atoms with E-state index in [0.29, 0.717) is 6.07 Å². The first-order valence-corrected chi connectivity index (χ1v) is 11.5. The fourth-order valence-corrected chi connectivity index (χ4v) is 4.91. The Morgan fingerprint density at radius 1 is 1.26 bits per heavy atom. The Balaban J connectivity index is 1.90. The number of benzene rings is 1. The van der Waals surface area contributed by atoms with Crippen LogP contribution >= 0.6 is 0 Å². The fraction of sp³-hybridized carbons (Fsp3) is 0.600. The van der Waals surface area contributed by atoms with Crippen LogP contribution in [0.4, 0.5) is 13.2 Å². The van der Waals surface area contributed by atoms with E-state index in [1.165, 1.54) is 0 Å². The van der Waals surface area contributed by atoms with Crippen LogP contribution < -0.4 is 5.32 Å². The third-order valence-corrected chi connectivity index (χ3v) is 6.96. The molecular weight excluding hydrogens is 437 g/mol. The van der Waals surface area contributed by atoms with Gasteiger partial charge in [-0.2, -0.15) is 17.5 Å². The predicted molar refractivity (Wildman–Crippen MR) is 106 cm³/mol. The van der Waals surface area contributed by atoms with Crippen LogP contribution in [0.25, 0.3) is 0 Å². The number of amides is 1. The van der Waals surface area contributed by atoms with Crippen LogP contribution in [0, 0.1) is 5.92 Å². The molecule has 31 heavy (non-hydrogen) atoms. The molecule has 1 amide bonds. The molecule has 1 fully saturated rings. The van der Waals surface area contributed by atoms with E-state index in [4.69, 9.17) is 4.74 Å². The van der Waals surface area contributed by atoms with Gasteiger partial charge in [-0.1, -0.05) is 19.4 Å². The number of hydrogen-bond donors (Lipinski definition) is 1. The topological polar surface area (TPSA) is 92.8 Å². The highest BCUT2D eigenvalue weighted by atomic mass is 32.2. The normalized spacial score (nSPS) is 17.2. The molecule has 1 atom stereocenters. The molecule has 11 heteroatoms. The number of nitrogens with one attached hydrogen (secondary N) is 1. The van der Waals surface area contributed by atoms with E-state index in [1.807, 2.05) is 13.8 Å². The van der Waals surface area contributed by atoms with E-state index in [9.17, 15) is 31.2 Å². The van der Waals surface area contributed by atoms with Crippen molar-refractivity contribution in [2.45, 2.75) is 56.6 Å². The van der Waals surface area contributed by atoms with E-state index in [-0.39, 0.29) is 32.0 Å². The Kier molecular flexibility index (Phi) is 8.47. The van der Waals surface area contributed by atoms with Crippen LogP contribution in [-0.4, -0.2) is 50.3 Å². The first-order chi connectivity index (χ1) is 14.4. The monoisotopic (exact) mass is 464 g/mol. The van der Waals surface area contributed by atoms with Crippen molar-refractivity contribution in [2.24, 2.45) is 5.92 Å². The second-order valence-electron chi connectivity index (χ2n) is 7.57. The molecule has 174 valence electrons. The number of ether oxygens (including phenoxy) is 1. The molecule has 0 bridgehead atoms. The van der Waals surface area contributed by atoms with Gasteiger partial charge < -0.3 is 10.1 Å². The molecule has 1 saturated heterocycles. The minimum absolute atomic E-state index is 0.0273. The molecule has 7 nitrogen and oxygen atoms in total. The Bertz CT molecular complexity index is 881. The van der Waals surface area contributed by atoms with Gasteiger partial charge in [0.1, 0.15) is 0 Å². The zero-order valence-corrected chi connectivity index (χ0v) is 18.3. The highest BCUT2D eigenvalue weighted by molar-refractivity contribution is 7.89. The fourth-order valence-electron chi connectivity index (χ4n) is 3.39. The first-order valence-electron chi connectivity index (χ1n) is 10.1. The number of rotatable bonds is 8. The lowest BCUT2D eigenvalue weighted by atomic mass is 9.98. The van der Waals surface area contributed by atoms with Crippen molar-refractivity contribution in [3.05, 3.63) is 29.8 Å². The van der Waals surface area contributed by atoms with E-state index in [2.05, 4.69) is 5.32 Å². The van der Waals surface area contributed by atoms with Crippen molar-refractivity contribution >= 4 is 21.9 Å². The zero-order chi connectivity index (χ0) is 23.2. The standard InChI is InChI=1S/C20H27F3N2O5S/c1-3-5-14(2)24-18(26)13-30-19(27)15-8-10-25(11-9-15)31(28,29)17-7-4-6-16(12-17)20(21,22)23/h4,6-7,12,14-15H,3,5,8-11,13H2,1-2H3,(H,24,26). The summed E-state index contributed by atoms with van der Waals surface area (Å²) in [5, 5.41) is 2.72. The van der Waals surface area contributed by atoms with Crippen LogP contribution in [0.1, 0.15) is 45.1 Å². The van der Waals surface area contributed by atoms with Gasteiger partial charge >= 0.3 is 12.1 Å². The number of piperidine rings is 1. The summed E-state index contributed by atoms with van der Waals surface area (Å²) < 4.78 is 70.2. The van der Waals surface area contributed by atoms with Gasteiger partial charge in [-0.25, -0.2) is 8.42 Å². The Hall–Kier alpha value is -2.14. The summed E-state index contributed by atoms with van der Waals surface area (Å²) in [4.78, 5) is 23.6. The Morgan fingerprint density at radius 2 is 1.90 bits per heavy atom. The number of carbonyl (C=O) groups excluding carboxylic acids is 2. The maximum atomic E-state index is 12.9. The summed E-state index contributed by atoms with van der Waals surface area (Å²) >= 11 is 0. The second kappa shape index (κ2) is 10.4. The molecule has 0 aliphatic carbocycles. The smallest absolute Gasteiger partial charge is 0.416 e. The number of hydrogen-bond acceptors (Lipinski definition) is 5. The number of nitrogens with zero attached hydrogens (tertiary/aromatic N) is 1. The molecule has 2 rings (SSSR count). The maximum Gasteiger partial charge on any atom is 0.416 e. The molecule has 1 N–H and O–H groups in total. The van der Waals surface area contributed by atoms with Crippen molar-refractivity contribution < 1.29 is 35.9 Å². The number of halogens is 3. The largest absolute Gasteiger partial charge is 0.455 e. The van der Waals surface area contributed by atoms with Crippen LogP contribution in [-0.2, 0) is 30.5 Å². The van der Waals surface area contributed by atoms with Gasteiger partial charge in [0.15, 0.2) is 6.61 Å². The van der Waals surface area contributed by atoms with Crippen LogP contribution in [0.15, 0.2) is 29.2 Å². The highest BCUT2D eigenvalue weighted by Crippen LogP contribution is 2.32. The summed E-state index contributed by atoms with van der Waals surface area (Å²) in [6, 6.07) is 3.55. The molecule has 0 radical (unpaired) electrons. The number of alkyl halides is 3. The maximum absolute atomic E-state index is 12.9. The average molecular weight is 465 g/mol. The van der Waals surface area contributed by atoms with E-state index < -0.39 is 51.1 Å². The van der Waals surface area contributed by atoms with E-state index in [1.54, 1.807) is 0 Å². The van der Waals surface area contributed by atoms with Crippen molar-refractivity contribution in [3.8, 4) is 0 Å². The lowest BCUT2D eigenvalue weighted by Crippen LogP contribution is -2.41. The van der Waals surface area contributed by atoms with Crippen molar-refractivity contribution in [1.82, 2.24) is 9.62 Å². The Morgan fingerprint density at radius 3 is 2.48 bits per heavy atom. The van der Waals surface area contributed by atoms with Gasteiger partial charge in [-0.3, -0.25) is 9.59 Å². The van der Waals surface area contributed by atoms with Gasteiger partial charge in [0.05, 0.1) is 16.4 Å². The van der Waals surface area contributed by atoms with Crippen LogP contribution in [0.5, 0.6) is 0 Å². The predicted octanol–water partition coefficient (Wildman–Crippen LogP) is 2.95. The highest BCUT2D eigenvalue weighted by Gasteiger charge is 2.35. The number of esters is 1. The molecule has 0 aromatic heterocycles. The minimum Gasteiger partial charge on any atom is -0.455 e. The molecule has 1 unspecified atom stereocenters. The van der Waals surface area contributed by atoms with E-state index in [0.717, 1.165) is 35.3 Å².